The minimum atomic E-state index is -0.183. The third kappa shape index (κ3) is 6.42. The van der Waals surface area contributed by atoms with Crippen molar-refractivity contribution < 1.29 is 9.53 Å². The normalized spacial score (nSPS) is 15.4. The fraction of sp³-hybridized carbons (Fsp3) is 0.0968. The quantitative estimate of drug-likeness (QED) is 0.198. The lowest BCUT2D eigenvalue weighted by Gasteiger charge is -2.16. The summed E-state index contributed by atoms with van der Waals surface area (Å²) in [5.41, 5.74) is 5.13. The van der Waals surface area contributed by atoms with Gasteiger partial charge in [0, 0.05) is 10.0 Å². The molecule has 39 heavy (non-hydrogen) atoms. The number of anilines is 1. The molecule has 0 aliphatic carbocycles. The number of amidine groups is 1. The van der Waals surface area contributed by atoms with E-state index in [-0.39, 0.29) is 5.91 Å². The van der Waals surface area contributed by atoms with Gasteiger partial charge in [0.1, 0.15) is 12.4 Å². The summed E-state index contributed by atoms with van der Waals surface area (Å²) in [6.07, 6.45) is 1.85. The molecule has 0 spiro atoms. The number of benzene rings is 4. The lowest BCUT2D eigenvalue weighted by molar-refractivity contribution is -0.113. The van der Waals surface area contributed by atoms with Crippen LogP contribution in [0.3, 0.4) is 0 Å². The third-order valence-corrected chi connectivity index (χ3v) is 8.49. The minimum absolute atomic E-state index is 0.183. The molecule has 1 amide bonds. The highest BCUT2D eigenvalue weighted by Gasteiger charge is 2.35. The van der Waals surface area contributed by atoms with E-state index in [4.69, 9.17) is 32.9 Å². The number of carbonyl (C=O) groups is 1. The minimum Gasteiger partial charge on any atom is -0.488 e. The van der Waals surface area contributed by atoms with Crippen molar-refractivity contribution in [3.8, 4) is 5.75 Å². The van der Waals surface area contributed by atoms with E-state index in [2.05, 4.69) is 15.9 Å². The number of nitrogens with zero attached hydrogens (tertiary/aromatic N) is 2. The number of amides is 1. The van der Waals surface area contributed by atoms with Crippen molar-refractivity contribution in [1.29, 1.82) is 0 Å². The second kappa shape index (κ2) is 12.0. The van der Waals surface area contributed by atoms with Crippen LogP contribution >= 0.6 is 50.9 Å². The van der Waals surface area contributed by atoms with Crippen LogP contribution in [0.2, 0.25) is 10.0 Å². The van der Waals surface area contributed by atoms with Crippen LogP contribution in [0.25, 0.3) is 6.08 Å². The van der Waals surface area contributed by atoms with Crippen LogP contribution in [0.1, 0.15) is 22.3 Å². The van der Waals surface area contributed by atoms with Gasteiger partial charge in [0.25, 0.3) is 5.91 Å². The standard InChI is InChI=1S/C31H23BrCl2N2O2S/c1-19-8-11-23(16-26(19)33)35-31-36(24-12-9-20(2)27(34)17-24)30(37)29(39-31)15-22-10-13-28(25(32)14-22)38-18-21-6-4-3-5-7-21/h3-17H,18H2,1-2H3/b29-15+,35-31?. The summed E-state index contributed by atoms with van der Waals surface area (Å²) >= 11 is 17.7. The summed E-state index contributed by atoms with van der Waals surface area (Å²) in [4.78, 5) is 20.6. The van der Waals surface area contributed by atoms with Gasteiger partial charge < -0.3 is 4.74 Å². The monoisotopic (exact) mass is 636 g/mol. The van der Waals surface area contributed by atoms with Gasteiger partial charge >= 0.3 is 0 Å². The highest BCUT2D eigenvalue weighted by molar-refractivity contribution is 9.10. The van der Waals surface area contributed by atoms with Crippen molar-refractivity contribution in [2.45, 2.75) is 20.5 Å². The summed E-state index contributed by atoms with van der Waals surface area (Å²) in [7, 11) is 0. The summed E-state index contributed by atoms with van der Waals surface area (Å²) in [6, 6.07) is 26.9. The fourth-order valence-corrected chi connectivity index (χ4v) is 5.73. The van der Waals surface area contributed by atoms with E-state index in [1.165, 1.54) is 11.8 Å². The van der Waals surface area contributed by atoms with Crippen LogP contribution < -0.4 is 9.64 Å². The first-order chi connectivity index (χ1) is 18.8. The van der Waals surface area contributed by atoms with Crippen LogP contribution in [0.4, 0.5) is 11.4 Å². The molecule has 196 valence electrons. The Hall–Kier alpha value is -3.03. The second-order valence-electron chi connectivity index (χ2n) is 8.98. The van der Waals surface area contributed by atoms with Gasteiger partial charge in [0.2, 0.25) is 0 Å². The lowest BCUT2D eigenvalue weighted by atomic mass is 10.2. The van der Waals surface area contributed by atoms with Gasteiger partial charge in [0.15, 0.2) is 5.17 Å². The first kappa shape index (κ1) is 27.5. The second-order valence-corrected chi connectivity index (χ2v) is 11.7. The zero-order valence-electron chi connectivity index (χ0n) is 21.1. The van der Waals surface area contributed by atoms with Gasteiger partial charge in [-0.3, -0.25) is 9.69 Å². The van der Waals surface area contributed by atoms with E-state index in [1.807, 2.05) is 92.7 Å². The van der Waals surface area contributed by atoms with Gasteiger partial charge in [-0.25, -0.2) is 4.99 Å². The van der Waals surface area contributed by atoms with Crippen molar-refractivity contribution in [2.24, 2.45) is 4.99 Å². The Kier molecular flexibility index (Phi) is 8.48. The molecule has 0 bridgehead atoms. The highest BCUT2D eigenvalue weighted by Crippen LogP contribution is 2.39. The number of rotatable bonds is 6. The summed E-state index contributed by atoms with van der Waals surface area (Å²) in [5.74, 6) is 0.540. The number of hydrogen-bond donors (Lipinski definition) is 0. The number of carbonyl (C=O) groups excluding carboxylic acids is 1. The van der Waals surface area contributed by atoms with Gasteiger partial charge in [0.05, 0.1) is 20.8 Å². The van der Waals surface area contributed by atoms with Gasteiger partial charge in [-0.1, -0.05) is 71.7 Å². The van der Waals surface area contributed by atoms with E-state index < -0.39 is 0 Å². The number of thioether (sulfide) groups is 1. The van der Waals surface area contributed by atoms with E-state index in [1.54, 1.807) is 17.0 Å². The molecule has 1 aliphatic heterocycles. The van der Waals surface area contributed by atoms with Gasteiger partial charge in [-0.05, 0) is 106 Å². The van der Waals surface area contributed by atoms with Gasteiger partial charge in [-0.2, -0.15) is 0 Å². The molecule has 8 heteroatoms. The maximum atomic E-state index is 13.7. The first-order valence-electron chi connectivity index (χ1n) is 12.1. The van der Waals surface area contributed by atoms with Crippen LogP contribution in [0.5, 0.6) is 5.75 Å². The summed E-state index contributed by atoms with van der Waals surface area (Å²) in [5, 5.41) is 1.72. The topological polar surface area (TPSA) is 41.9 Å². The first-order valence-corrected chi connectivity index (χ1v) is 14.5. The summed E-state index contributed by atoms with van der Waals surface area (Å²) < 4.78 is 6.78. The van der Waals surface area contributed by atoms with Crippen molar-refractivity contribution in [3.63, 3.8) is 0 Å². The molecule has 0 radical (unpaired) electrons. The van der Waals surface area contributed by atoms with E-state index >= 15 is 0 Å². The predicted molar refractivity (Wildman–Crippen MR) is 167 cm³/mol. The average molecular weight is 638 g/mol. The predicted octanol–water partition coefficient (Wildman–Crippen LogP) is 9.76. The molecule has 5 rings (SSSR count). The number of ether oxygens (including phenoxy) is 1. The number of halogens is 3. The number of aryl methyl sites for hydroxylation is 2. The Labute approximate surface area is 250 Å². The molecule has 0 N–H and O–H groups in total. The Morgan fingerprint density at radius 2 is 1.64 bits per heavy atom. The Morgan fingerprint density at radius 1 is 0.923 bits per heavy atom. The molecule has 1 heterocycles. The molecule has 4 aromatic carbocycles. The molecular formula is C31H23BrCl2N2O2S. The molecule has 1 saturated heterocycles. The van der Waals surface area contributed by atoms with Crippen LogP contribution in [-0.2, 0) is 11.4 Å². The molecule has 4 aromatic rings. The van der Waals surface area contributed by atoms with Crippen LogP contribution in [0, 0.1) is 13.8 Å². The molecular weight excluding hydrogens is 615 g/mol. The molecule has 0 aromatic heterocycles. The zero-order valence-corrected chi connectivity index (χ0v) is 25.0. The van der Waals surface area contributed by atoms with E-state index in [9.17, 15) is 4.79 Å². The summed E-state index contributed by atoms with van der Waals surface area (Å²) in [6.45, 7) is 4.32. The van der Waals surface area contributed by atoms with E-state index in [0.717, 1.165) is 32.5 Å². The lowest BCUT2D eigenvalue weighted by Crippen LogP contribution is -2.28. The van der Waals surface area contributed by atoms with Crippen molar-refractivity contribution in [2.75, 3.05) is 4.90 Å². The third-order valence-electron chi connectivity index (χ3n) is 6.09. The maximum absolute atomic E-state index is 13.7. The van der Waals surface area contributed by atoms with Crippen LogP contribution in [-0.4, -0.2) is 11.1 Å². The maximum Gasteiger partial charge on any atom is 0.271 e. The van der Waals surface area contributed by atoms with Gasteiger partial charge in [-0.15, -0.1) is 0 Å². The number of hydrogen-bond acceptors (Lipinski definition) is 4. The average Bonchev–Trinajstić information content (AvgIpc) is 3.22. The molecule has 1 aliphatic rings. The zero-order chi connectivity index (χ0) is 27.5. The van der Waals surface area contributed by atoms with Crippen molar-refractivity contribution in [1.82, 2.24) is 0 Å². The Balaban J connectivity index is 1.46. The molecule has 0 saturated carbocycles. The Bertz CT molecular complexity index is 1620. The molecule has 0 unspecified atom stereocenters. The largest absolute Gasteiger partial charge is 0.488 e. The molecule has 0 atom stereocenters. The van der Waals surface area contributed by atoms with Crippen molar-refractivity contribution >= 4 is 79.4 Å². The van der Waals surface area contributed by atoms with Crippen LogP contribution in [0.15, 0.2) is 99.3 Å². The molecule has 4 nitrogen and oxygen atoms in total. The number of aliphatic imine (C=N–C) groups is 1. The smallest absolute Gasteiger partial charge is 0.271 e. The van der Waals surface area contributed by atoms with E-state index in [0.29, 0.717) is 38.1 Å². The Morgan fingerprint density at radius 3 is 2.33 bits per heavy atom. The molecule has 1 fully saturated rings. The van der Waals surface area contributed by atoms with Crippen molar-refractivity contribution in [3.05, 3.63) is 127 Å². The highest BCUT2D eigenvalue weighted by atomic mass is 79.9. The fourth-order valence-electron chi connectivity index (χ4n) is 3.87. The SMILES string of the molecule is Cc1ccc(N=C2S/C(=C/c3ccc(OCc4ccccc4)c(Br)c3)C(=O)N2c2ccc(C)c(Cl)c2)cc1Cl.